The van der Waals surface area contributed by atoms with Crippen molar-refractivity contribution < 1.29 is 9.50 Å². The molecule has 0 radical (unpaired) electrons. The number of aliphatic hydroxyl groups is 1. The van der Waals surface area contributed by atoms with Gasteiger partial charge in [-0.15, -0.1) is 0 Å². The molecule has 0 aliphatic carbocycles. The van der Waals surface area contributed by atoms with Gasteiger partial charge in [-0.1, -0.05) is 12.2 Å². The third-order valence-electron chi connectivity index (χ3n) is 2.53. The second kappa shape index (κ2) is 6.51. The minimum atomic E-state index is -0.352. The smallest absolute Gasteiger partial charge is 0.124 e. The summed E-state index contributed by atoms with van der Waals surface area (Å²) in [6.45, 7) is 3.56. The van der Waals surface area contributed by atoms with Crippen LogP contribution in [0.4, 0.5) is 10.1 Å². The number of halogens is 1. The number of anilines is 1. The molecule has 0 saturated carbocycles. The maximum absolute atomic E-state index is 13.2. The summed E-state index contributed by atoms with van der Waals surface area (Å²) in [5, 5.41) is 8.84. The summed E-state index contributed by atoms with van der Waals surface area (Å²) < 4.78 is 13.2. The molecule has 0 amide bonds. The van der Waals surface area contributed by atoms with Crippen LogP contribution in [0.15, 0.2) is 18.2 Å². The van der Waals surface area contributed by atoms with E-state index in [1.54, 1.807) is 6.07 Å². The van der Waals surface area contributed by atoms with E-state index in [9.17, 15) is 4.39 Å². The molecule has 0 heterocycles. The molecule has 94 valence electrons. The highest BCUT2D eigenvalue weighted by Crippen LogP contribution is 2.21. The highest BCUT2D eigenvalue weighted by atomic mass is 32.1. The molecule has 1 aromatic rings. The van der Waals surface area contributed by atoms with E-state index in [4.69, 9.17) is 23.1 Å². The van der Waals surface area contributed by atoms with Gasteiger partial charge in [0.25, 0.3) is 0 Å². The highest BCUT2D eigenvalue weighted by Gasteiger charge is 2.12. The van der Waals surface area contributed by atoms with Crippen molar-refractivity contribution >= 4 is 22.9 Å². The van der Waals surface area contributed by atoms with E-state index in [0.717, 1.165) is 12.2 Å². The van der Waals surface area contributed by atoms with Gasteiger partial charge in [0.1, 0.15) is 10.8 Å². The minimum Gasteiger partial charge on any atom is -0.396 e. The van der Waals surface area contributed by atoms with E-state index in [2.05, 4.69) is 0 Å². The van der Waals surface area contributed by atoms with E-state index in [0.29, 0.717) is 18.5 Å². The summed E-state index contributed by atoms with van der Waals surface area (Å²) in [5.74, 6) is -0.352. The quantitative estimate of drug-likeness (QED) is 0.760. The Kier molecular flexibility index (Phi) is 5.31. The Morgan fingerprint density at radius 3 is 2.76 bits per heavy atom. The molecule has 3 N–H and O–H groups in total. The van der Waals surface area contributed by atoms with Crippen molar-refractivity contribution in [3.8, 4) is 0 Å². The second-order valence-corrected chi connectivity index (χ2v) is 4.12. The van der Waals surface area contributed by atoms with Gasteiger partial charge in [0.05, 0.1) is 0 Å². The van der Waals surface area contributed by atoms with Gasteiger partial charge in [0, 0.05) is 30.9 Å². The molecular weight excluding hydrogens is 239 g/mol. The Labute approximate surface area is 106 Å². The summed E-state index contributed by atoms with van der Waals surface area (Å²) in [5.41, 5.74) is 6.95. The lowest BCUT2D eigenvalue weighted by Gasteiger charge is -2.25. The van der Waals surface area contributed by atoms with E-state index < -0.39 is 0 Å². The average molecular weight is 256 g/mol. The molecule has 5 heteroatoms. The van der Waals surface area contributed by atoms with Crippen molar-refractivity contribution in [2.45, 2.75) is 13.3 Å². The Bertz CT molecular complexity index is 398. The molecule has 0 bridgehead atoms. The number of thiocarbonyl (C=S) groups is 1. The summed E-state index contributed by atoms with van der Waals surface area (Å²) in [6.07, 6.45) is 0.655. The molecule has 0 spiro atoms. The summed E-state index contributed by atoms with van der Waals surface area (Å²) in [6, 6.07) is 4.41. The van der Waals surface area contributed by atoms with E-state index in [1.807, 2.05) is 11.8 Å². The molecule has 0 aliphatic heterocycles. The molecule has 0 unspecified atom stereocenters. The molecule has 0 fully saturated rings. The summed E-state index contributed by atoms with van der Waals surface area (Å²) in [7, 11) is 0. The van der Waals surface area contributed by atoms with Crippen LogP contribution >= 0.6 is 12.2 Å². The number of rotatable bonds is 6. The van der Waals surface area contributed by atoms with Crippen LogP contribution in [-0.2, 0) is 0 Å². The molecule has 0 atom stereocenters. The number of benzene rings is 1. The van der Waals surface area contributed by atoms with Gasteiger partial charge in [-0.25, -0.2) is 4.39 Å². The fourth-order valence-corrected chi connectivity index (χ4v) is 1.86. The lowest BCUT2D eigenvalue weighted by Crippen LogP contribution is -2.27. The van der Waals surface area contributed by atoms with Crippen LogP contribution in [0.2, 0.25) is 0 Å². The topological polar surface area (TPSA) is 49.5 Å². The van der Waals surface area contributed by atoms with Crippen molar-refractivity contribution in [3.05, 3.63) is 29.6 Å². The van der Waals surface area contributed by atoms with Crippen LogP contribution in [0.3, 0.4) is 0 Å². The van der Waals surface area contributed by atoms with E-state index in [-0.39, 0.29) is 17.4 Å². The molecule has 1 rings (SSSR count). The third-order valence-corrected chi connectivity index (χ3v) is 2.75. The largest absolute Gasteiger partial charge is 0.396 e. The SMILES string of the molecule is CCN(CCCO)c1ccc(F)cc1C(N)=S. The molecule has 1 aromatic carbocycles. The number of aliphatic hydroxyl groups excluding tert-OH is 1. The molecular formula is C12H17FN2OS. The molecule has 3 nitrogen and oxygen atoms in total. The molecule has 17 heavy (non-hydrogen) atoms. The predicted octanol–water partition coefficient (Wildman–Crippen LogP) is 1.67. The van der Waals surface area contributed by atoms with Crippen LogP contribution in [0, 0.1) is 5.82 Å². The zero-order valence-corrected chi connectivity index (χ0v) is 10.6. The second-order valence-electron chi connectivity index (χ2n) is 3.68. The maximum atomic E-state index is 13.2. The standard InChI is InChI=1S/C12H17FN2OS/c1-2-15(6-3-7-16)11-5-4-9(13)8-10(11)12(14)17/h4-5,8,16H,2-3,6-7H2,1H3,(H2,14,17). The van der Waals surface area contributed by atoms with Gasteiger partial charge >= 0.3 is 0 Å². The Morgan fingerprint density at radius 2 is 2.24 bits per heavy atom. The van der Waals surface area contributed by atoms with Gasteiger partial charge < -0.3 is 15.7 Å². The number of hydrogen-bond acceptors (Lipinski definition) is 3. The number of hydrogen-bond donors (Lipinski definition) is 2. The van der Waals surface area contributed by atoms with Crippen molar-refractivity contribution in [1.29, 1.82) is 0 Å². The Hall–Kier alpha value is -1.20. The van der Waals surface area contributed by atoms with Crippen LogP contribution in [0.25, 0.3) is 0 Å². The van der Waals surface area contributed by atoms with Crippen molar-refractivity contribution in [3.63, 3.8) is 0 Å². The van der Waals surface area contributed by atoms with Crippen LogP contribution in [0.5, 0.6) is 0 Å². The summed E-state index contributed by atoms with van der Waals surface area (Å²) in [4.78, 5) is 2.20. The van der Waals surface area contributed by atoms with Crippen LogP contribution < -0.4 is 10.6 Å². The van der Waals surface area contributed by atoms with Crippen LogP contribution in [0.1, 0.15) is 18.9 Å². The highest BCUT2D eigenvalue weighted by molar-refractivity contribution is 7.80. The number of nitrogens with zero attached hydrogens (tertiary/aromatic N) is 1. The maximum Gasteiger partial charge on any atom is 0.124 e. The third kappa shape index (κ3) is 3.64. The summed E-state index contributed by atoms with van der Waals surface area (Å²) >= 11 is 4.92. The predicted molar refractivity (Wildman–Crippen MR) is 71.9 cm³/mol. The molecule has 0 aromatic heterocycles. The number of nitrogens with two attached hydrogens (primary N) is 1. The van der Waals surface area contributed by atoms with Crippen molar-refractivity contribution in [1.82, 2.24) is 0 Å². The normalized spacial score (nSPS) is 10.3. The van der Waals surface area contributed by atoms with E-state index in [1.165, 1.54) is 12.1 Å². The van der Waals surface area contributed by atoms with Crippen molar-refractivity contribution in [2.24, 2.45) is 5.73 Å². The van der Waals surface area contributed by atoms with Gasteiger partial charge in [0.15, 0.2) is 0 Å². The van der Waals surface area contributed by atoms with Crippen molar-refractivity contribution in [2.75, 3.05) is 24.6 Å². The molecule has 0 saturated heterocycles. The Balaban J connectivity index is 3.05. The monoisotopic (exact) mass is 256 g/mol. The van der Waals surface area contributed by atoms with Crippen LogP contribution in [-0.4, -0.2) is 29.8 Å². The minimum absolute atomic E-state index is 0.125. The Morgan fingerprint density at radius 1 is 1.53 bits per heavy atom. The zero-order valence-electron chi connectivity index (χ0n) is 9.82. The average Bonchev–Trinajstić information content (AvgIpc) is 2.31. The van der Waals surface area contributed by atoms with Gasteiger partial charge in [-0.2, -0.15) is 0 Å². The van der Waals surface area contributed by atoms with E-state index >= 15 is 0 Å². The molecule has 0 aliphatic rings. The van der Waals surface area contributed by atoms with Gasteiger partial charge in [0.2, 0.25) is 0 Å². The first-order valence-electron chi connectivity index (χ1n) is 5.55. The van der Waals surface area contributed by atoms with Gasteiger partial charge in [-0.05, 0) is 31.5 Å². The fourth-order valence-electron chi connectivity index (χ4n) is 1.69. The first-order chi connectivity index (χ1) is 8.10. The first-order valence-corrected chi connectivity index (χ1v) is 5.96. The lowest BCUT2D eigenvalue weighted by atomic mass is 10.1. The van der Waals surface area contributed by atoms with Gasteiger partial charge in [-0.3, -0.25) is 0 Å². The lowest BCUT2D eigenvalue weighted by molar-refractivity contribution is 0.289. The first kappa shape index (κ1) is 13.9. The zero-order chi connectivity index (χ0) is 12.8. The fraction of sp³-hybridized carbons (Fsp3) is 0.417.